The average Bonchev–Trinajstić information content (AvgIpc) is 2.96. The molecule has 2 aromatic heterocycles. The SMILES string of the molecule is C=CC(=O)Nc1cc(Nc2ncc(Cl)c(Nc3ccc4nccnc4c3P(C)(C)=O)n2)c(OC)cc1N(C)CCN(C)C. The van der Waals surface area contributed by atoms with Gasteiger partial charge in [0, 0.05) is 38.6 Å². The van der Waals surface area contributed by atoms with Gasteiger partial charge in [0.2, 0.25) is 11.9 Å². The van der Waals surface area contributed by atoms with Gasteiger partial charge < -0.3 is 35.1 Å². The van der Waals surface area contributed by atoms with Crippen molar-refractivity contribution in [1.29, 1.82) is 0 Å². The maximum Gasteiger partial charge on any atom is 0.247 e. The number of benzene rings is 2. The van der Waals surface area contributed by atoms with Gasteiger partial charge in [0.1, 0.15) is 23.4 Å². The van der Waals surface area contributed by atoms with Crippen molar-refractivity contribution in [1.82, 2.24) is 24.8 Å². The molecular weight excluding hydrogens is 589 g/mol. The van der Waals surface area contributed by atoms with Crippen LogP contribution in [0.15, 0.2) is 55.5 Å². The van der Waals surface area contributed by atoms with Crippen LogP contribution in [0.2, 0.25) is 5.02 Å². The fourth-order valence-corrected chi connectivity index (χ4v) is 5.87. The molecule has 0 aliphatic heterocycles. The Balaban J connectivity index is 1.72. The van der Waals surface area contributed by atoms with Crippen molar-refractivity contribution in [2.75, 3.05) is 75.5 Å². The second kappa shape index (κ2) is 13.4. The van der Waals surface area contributed by atoms with Crippen molar-refractivity contribution in [2.45, 2.75) is 0 Å². The number of likely N-dealkylation sites (N-methyl/N-ethyl adjacent to an activating group) is 2. The number of hydrogen-bond donors (Lipinski definition) is 3. The first-order valence-corrected chi connectivity index (χ1v) is 16.3. The molecule has 2 aromatic carbocycles. The van der Waals surface area contributed by atoms with Crippen molar-refractivity contribution in [3.8, 4) is 5.75 Å². The van der Waals surface area contributed by atoms with Gasteiger partial charge in [-0.3, -0.25) is 14.8 Å². The minimum atomic E-state index is -2.81. The highest BCUT2D eigenvalue weighted by atomic mass is 35.5. The summed E-state index contributed by atoms with van der Waals surface area (Å²) in [5.41, 5.74) is 3.53. The van der Waals surface area contributed by atoms with Gasteiger partial charge in [-0.2, -0.15) is 4.98 Å². The van der Waals surface area contributed by atoms with E-state index in [1.54, 1.807) is 51.0 Å². The number of amides is 1. The van der Waals surface area contributed by atoms with Crippen molar-refractivity contribution >= 4 is 75.5 Å². The normalized spacial score (nSPS) is 11.3. The highest BCUT2D eigenvalue weighted by molar-refractivity contribution is 7.71. The molecule has 43 heavy (non-hydrogen) atoms. The monoisotopic (exact) mass is 623 g/mol. The maximum atomic E-state index is 13.3. The minimum Gasteiger partial charge on any atom is -0.494 e. The van der Waals surface area contributed by atoms with E-state index in [1.807, 2.05) is 32.1 Å². The van der Waals surface area contributed by atoms with E-state index in [9.17, 15) is 9.36 Å². The molecule has 1 amide bonds. The molecule has 0 radical (unpaired) electrons. The number of nitrogens with zero attached hydrogens (tertiary/aromatic N) is 6. The van der Waals surface area contributed by atoms with Gasteiger partial charge in [0.05, 0.1) is 46.9 Å². The lowest BCUT2D eigenvalue weighted by molar-refractivity contribution is -0.111. The van der Waals surface area contributed by atoms with Crippen LogP contribution in [-0.2, 0) is 9.36 Å². The van der Waals surface area contributed by atoms with E-state index in [-0.39, 0.29) is 22.7 Å². The third kappa shape index (κ3) is 7.59. The first kappa shape index (κ1) is 31.7. The summed E-state index contributed by atoms with van der Waals surface area (Å²) in [5, 5.41) is 10.1. The number of ether oxygens (including phenoxy) is 1. The molecular formula is C29H35ClN9O3P. The van der Waals surface area contributed by atoms with Crippen molar-refractivity contribution in [3.63, 3.8) is 0 Å². The summed E-state index contributed by atoms with van der Waals surface area (Å²) in [6, 6.07) is 7.14. The zero-order valence-electron chi connectivity index (χ0n) is 25.0. The lowest BCUT2D eigenvalue weighted by Crippen LogP contribution is -2.29. The summed E-state index contributed by atoms with van der Waals surface area (Å²) < 4.78 is 19.0. The quantitative estimate of drug-likeness (QED) is 0.146. The standard InChI is InChI=1S/C29H35ClN9O3P/c1-8-25(40)34-21-15-22(24(42-5)16-23(21)39(4)14-13-38(2)3)36-29-33-17-18(30)28(37-29)35-20-10-9-19-26(32-12-11-31-19)27(20)43(6,7)41/h8-12,15-17H,1,13-14H2,2-7H3,(H,34,40)(H2,33,35,36,37). The fraction of sp³-hybridized carbons (Fsp3) is 0.276. The summed E-state index contributed by atoms with van der Waals surface area (Å²) in [6.45, 7) is 8.43. The van der Waals surface area contributed by atoms with Gasteiger partial charge in [0.25, 0.3) is 0 Å². The molecule has 0 saturated carbocycles. The molecule has 4 rings (SSSR count). The molecule has 14 heteroatoms. The van der Waals surface area contributed by atoms with E-state index < -0.39 is 7.14 Å². The zero-order chi connectivity index (χ0) is 31.3. The molecule has 0 aliphatic carbocycles. The highest BCUT2D eigenvalue weighted by Crippen LogP contribution is 2.42. The van der Waals surface area contributed by atoms with Gasteiger partial charge in [-0.15, -0.1) is 0 Å². The summed E-state index contributed by atoms with van der Waals surface area (Å²) in [5.74, 6) is 0.645. The van der Waals surface area contributed by atoms with Crippen LogP contribution in [0.25, 0.3) is 11.0 Å². The Morgan fingerprint density at radius 2 is 1.79 bits per heavy atom. The maximum absolute atomic E-state index is 13.3. The zero-order valence-corrected chi connectivity index (χ0v) is 26.6. The van der Waals surface area contributed by atoms with Crippen molar-refractivity contribution in [3.05, 3.63) is 60.5 Å². The number of methoxy groups -OCH3 is 1. The molecule has 0 bridgehead atoms. The second-order valence-corrected chi connectivity index (χ2v) is 13.9. The molecule has 0 saturated heterocycles. The van der Waals surface area contributed by atoms with E-state index in [0.717, 1.165) is 12.2 Å². The molecule has 3 N–H and O–H groups in total. The van der Waals surface area contributed by atoms with E-state index in [1.165, 1.54) is 12.3 Å². The molecule has 0 aliphatic rings. The molecule has 4 aromatic rings. The summed E-state index contributed by atoms with van der Waals surface area (Å²) in [6.07, 6.45) is 5.81. The van der Waals surface area contributed by atoms with Crippen LogP contribution in [0.1, 0.15) is 0 Å². The summed E-state index contributed by atoms with van der Waals surface area (Å²) in [4.78, 5) is 34.1. The lowest BCUT2D eigenvalue weighted by atomic mass is 10.2. The lowest BCUT2D eigenvalue weighted by Gasteiger charge is -2.26. The number of halogens is 1. The largest absolute Gasteiger partial charge is 0.494 e. The number of rotatable bonds is 12. The number of aromatic nitrogens is 4. The Kier molecular flexibility index (Phi) is 9.85. The Labute approximate surface area is 255 Å². The van der Waals surface area contributed by atoms with Crippen LogP contribution >= 0.6 is 18.7 Å². The van der Waals surface area contributed by atoms with Gasteiger partial charge in [-0.1, -0.05) is 18.2 Å². The van der Waals surface area contributed by atoms with Gasteiger partial charge in [-0.25, -0.2) is 4.98 Å². The summed E-state index contributed by atoms with van der Waals surface area (Å²) in [7, 11) is 4.68. The third-order valence-electron chi connectivity index (χ3n) is 6.45. The van der Waals surface area contributed by atoms with Crippen molar-refractivity contribution in [2.24, 2.45) is 0 Å². The Morgan fingerprint density at radius 3 is 2.47 bits per heavy atom. The van der Waals surface area contributed by atoms with Gasteiger partial charge in [0.15, 0.2) is 5.82 Å². The van der Waals surface area contributed by atoms with E-state index in [4.69, 9.17) is 16.3 Å². The van der Waals surface area contributed by atoms with E-state index in [0.29, 0.717) is 45.7 Å². The predicted molar refractivity (Wildman–Crippen MR) is 176 cm³/mol. The first-order chi connectivity index (χ1) is 20.4. The van der Waals surface area contributed by atoms with Gasteiger partial charge in [-0.05, 0) is 51.7 Å². The number of nitrogens with one attached hydrogen (secondary N) is 3. The smallest absolute Gasteiger partial charge is 0.247 e. The molecule has 0 unspecified atom stereocenters. The van der Waals surface area contributed by atoms with Crippen LogP contribution in [0.5, 0.6) is 5.75 Å². The van der Waals surface area contributed by atoms with Crippen LogP contribution in [-0.4, -0.2) is 85.4 Å². The number of carbonyl (C=O) groups is 1. The average molecular weight is 624 g/mol. The number of fused-ring (bicyclic) bond motifs is 1. The van der Waals surface area contributed by atoms with E-state index >= 15 is 0 Å². The van der Waals surface area contributed by atoms with Crippen LogP contribution in [0.4, 0.5) is 34.5 Å². The molecule has 226 valence electrons. The van der Waals surface area contributed by atoms with Crippen LogP contribution < -0.4 is 30.9 Å². The van der Waals surface area contributed by atoms with Crippen molar-refractivity contribution < 1.29 is 14.1 Å². The molecule has 0 fully saturated rings. The molecule has 0 atom stereocenters. The Hall–Kier alpha value is -4.25. The molecule has 12 nitrogen and oxygen atoms in total. The van der Waals surface area contributed by atoms with Crippen LogP contribution in [0, 0.1) is 0 Å². The van der Waals surface area contributed by atoms with E-state index in [2.05, 4.69) is 47.4 Å². The highest BCUT2D eigenvalue weighted by Gasteiger charge is 2.23. The molecule has 2 heterocycles. The Bertz CT molecular complexity index is 1710. The number of carbonyl (C=O) groups excluding carboxylic acids is 1. The second-order valence-electron chi connectivity index (χ2n) is 10.4. The fourth-order valence-electron chi connectivity index (χ4n) is 4.34. The van der Waals surface area contributed by atoms with Crippen LogP contribution in [0.3, 0.4) is 0 Å². The summed E-state index contributed by atoms with van der Waals surface area (Å²) >= 11 is 6.50. The first-order valence-electron chi connectivity index (χ1n) is 13.3. The Morgan fingerprint density at radius 1 is 1.05 bits per heavy atom. The molecule has 0 spiro atoms. The third-order valence-corrected chi connectivity index (χ3v) is 8.26. The minimum absolute atomic E-state index is 0.207. The number of hydrogen-bond acceptors (Lipinski definition) is 11. The topological polar surface area (TPSA) is 138 Å². The predicted octanol–water partition coefficient (Wildman–Crippen LogP) is 4.94. The van der Waals surface area contributed by atoms with Gasteiger partial charge >= 0.3 is 0 Å². The number of anilines is 6.